The summed E-state index contributed by atoms with van der Waals surface area (Å²) in [4.78, 5) is 14.5. The highest BCUT2D eigenvalue weighted by Crippen LogP contribution is 2.35. The molecule has 100 valence electrons. The smallest absolute Gasteiger partial charge is 0.142 e. The largest absolute Gasteiger partial charge is 0.383 e. The first-order chi connectivity index (χ1) is 7.88. The second kappa shape index (κ2) is 5.96. The number of hydrogen-bond acceptors (Lipinski definition) is 3. The van der Waals surface area contributed by atoms with E-state index in [4.69, 9.17) is 4.74 Å². The third-order valence-electron chi connectivity index (χ3n) is 4.06. The van der Waals surface area contributed by atoms with E-state index in [-0.39, 0.29) is 11.3 Å². The number of likely N-dealkylation sites (N-methyl/N-ethyl adjacent to an activating group) is 1. The van der Waals surface area contributed by atoms with Crippen molar-refractivity contribution < 1.29 is 9.53 Å². The molecule has 1 fully saturated rings. The summed E-state index contributed by atoms with van der Waals surface area (Å²) < 4.78 is 5.16. The van der Waals surface area contributed by atoms with E-state index in [2.05, 4.69) is 32.7 Å². The van der Waals surface area contributed by atoms with Crippen molar-refractivity contribution in [2.45, 2.75) is 46.1 Å². The van der Waals surface area contributed by atoms with Gasteiger partial charge in [-0.05, 0) is 26.8 Å². The number of ether oxygens (including phenoxy) is 1. The minimum Gasteiger partial charge on any atom is -0.383 e. The minimum atomic E-state index is -0.117. The molecule has 1 saturated carbocycles. The average molecular weight is 241 g/mol. The molecule has 0 spiro atoms. The van der Waals surface area contributed by atoms with Gasteiger partial charge in [0.15, 0.2) is 0 Å². The van der Waals surface area contributed by atoms with Crippen LogP contribution >= 0.6 is 0 Å². The molecule has 0 aliphatic heterocycles. The molecule has 0 aromatic heterocycles. The minimum absolute atomic E-state index is 0.117. The van der Waals surface area contributed by atoms with Crippen molar-refractivity contribution in [1.29, 1.82) is 0 Å². The van der Waals surface area contributed by atoms with Crippen LogP contribution in [-0.2, 0) is 9.53 Å². The lowest BCUT2D eigenvalue weighted by atomic mass is 9.71. The van der Waals surface area contributed by atoms with Gasteiger partial charge in [-0.15, -0.1) is 0 Å². The van der Waals surface area contributed by atoms with Crippen LogP contribution in [0.15, 0.2) is 0 Å². The molecule has 0 saturated heterocycles. The van der Waals surface area contributed by atoms with Crippen molar-refractivity contribution in [3.05, 3.63) is 0 Å². The first-order valence-corrected chi connectivity index (χ1v) is 6.62. The zero-order valence-electron chi connectivity index (χ0n) is 12.0. The van der Waals surface area contributed by atoms with Crippen LogP contribution in [0.2, 0.25) is 0 Å². The van der Waals surface area contributed by atoms with Gasteiger partial charge in [-0.3, -0.25) is 4.79 Å². The fourth-order valence-corrected chi connectivity index (χ4v) is 2.67. The molecule has 3 heteroatoms. The van der Waals surface area contributed by atoms with E-state index in [0.717, 1.165) is 26.0 Å². The molecule has 0 radical (unpaired) electrons. The Morgan fingerprint density at radius 2 is 2.18 bits per heavy atom. The van der Waals surface area contributed by atoms with Crippen LogP contribution in [0.5, 0.6) is 0 Å². The summed E-state index contributed by atoms with van der Waals surface area (Å²) in [5, 5.41) is 0. The molecule has 1 rings (SSSR count). The van der Waals surface area contributed by atoms with Crippen molar-refractivity contribution in [2.24, 2.45) is 11.3 Å². The molecule has 1 aliphatic rings. The molecule has 2 atom stereocenters. The third kappa shape index (κ3) is 3.78. The molecule has 0 N–H and O–H groups in total. The monoisotopic (exact) mass is 241 g/mol. The Morgan fingerprint density at radius 3 is 2.76 bits per heavy atom. The number of rotatable bonds is 5. The standard InChI is InChI=1S/C14H27NO2/c1-11(10-17-5)15(4)9-12-7-6-8-14(2,3)13(12)16/h11-12H,6-10H2,1-5H3. The van der Waals surface area contributed by atoms with Crippen LogP contribution in [0.25, 0.3) is 0 Å². The normalized spacial score (nSPS) is 26.2. The van der Waals surface area contributed by atoms with Crippen LogP contribution in [0, 0.1) is 11.3 Å². The molecular weight excluding hydrogens is 214 g/mol. The van der Waals surface area contributed by atoms with E-state index in [0.29, 0.717) is 11.8 Å². The van der Waals surface area contributed by atoms with Gasteiger partial charge < -0.3 is 9.64 Å². The van der Waals surface area contributed by atoms with Crippen molar-refractivity contribution in [3.8, 4) is 0 Å². The van der Waals surface area contributed by atoms with E-state index in [1.54, 1.807) is 7.11 Å². The Balaban J connectivity index is 2.53. The summed E-state index contributed by atoms with van der Waals surface area (Å²) in [6, 6.07) is 0.373. The zero-order valence-corrected chi connectivity index (χ0v) is 12.0. The fraction of sp³-hybridized carbons (Fsp3) is 0.929. The molecular formula is C14H27NO2. The highest BCUT2D eigenvalue weighted by Gasteiger charge is 2.37. The Hall–Kier alpha value is -0.410. The fourth-order valence-electron chi connectivity index (χ4n) is 2.67. The summed E-state index contributed by atoms with van der Waals surface area (Å²) in [6.07, 6.45) is 3.27. The lowest BCUT2D eigenvalue weighted by Gasteiger charge is -2.36. The van der Waals surface area contributed by atoms with E-state index in [9.17, 15) is 4.79 Å². The number of methoxy groups -OCH3 is 1. The van der Waals surface area contributed by atoms with Gasteiger partial charge in [-0.25, -0.2) is 0 Å². The quantitative estimate of drug-likeness (QED) is 0.740. The van der Waals surface area contributed by atoms with Gasteiger partial charge in [0, 0.05) is 31.0 Å². The maximum absolute atomic E-state index is 12.3. The second-order valence-corrected chi connectivity index (χ2v) is 6.08. The Bertz CT molecular complexity index is 263. The molecule has 3 nitrogen and oxygen atoms in total. The summed E-state index contributed by atoms with van der Waals surface area (Å²) in [5.74, 6) is 0.656. The number of carbonyl (C=O) groups excluding carboxylic acids is 1. The second-order valence-electron chi connectivity index (χ2n) is 6.08. The van der Waals surface area contributed by atoms with E-state index < -0.39 is 0 Å². The van der Waals surface area contributed by atoms with Gasteiger partial charge in [-0.2, -0.15) is 0 Å². The van der Waals surface area contributed by atoms with Crippen LogP contribution in [0.3, 0.4) is 0 Å². The predicted octanol–water partition coefficient (Wildman–Crippen LogP) is 2.35. The van der Waals surface area contributed by atoms with Crippen molar-refractivity contribution in [3.63, 3.8) is 0 Å². The number of hydrogen-bond donors (Lipinski definition) is 0. The summed E-state index contributed by atoms with van der Waals surface area (Å²) >= 11 is 0. The maximum Gasteiger partial charge on any atom is 0.142 e. The van der Waals surface area contributed by atoms with Gasteiger partial charge in [0.2, 0.25) is 0 Å². The van der Waals surface area contributed by atoms with Crippen LogP contribution < -0.4 is 0 Å². The van der Waals surface area contributed by atoms with E-state index >= 15 is 0 Å². The molecule has 1 aliphatic carbocycles. The molecule has 0 aromatic rings. The van der Waals surface area contributed by atoms with Gasteiger partial charge in [0.1, 0.15) is 5.78 Å². The Labute approximate surface area is 106 Å². The average Bonchev–Trinajstić information content (AvgIpc) is 2.25. The van der Waals surface area contributed by atoms with Crippen molar-refractivity contribution in [2.75, 3.05) is 27.3 Å². The van der Waals surface area contributed by atoms with Gasteiger partial charge in [-0.1, -0.05) is 20.3 Å². The lowest BCUT2D eigenvalue weighted by molar-refractivity contribution is -0.135. The number of nitrogens with zero attached hydrogens (tertiary/aromatic N) is 1. The Morgan fingerprint density at radius 1 is 1.53 bits per heavy atom. The highest BCUT2D eigenvalue weighted by molar-refractivity contribution is 5.87. The molecule has 0 heterocycles. The molecule has 0 amide bonds. The first kappa shape index (κ1) is 14.7. The first-order valence-electron chi connectivity index (χ1n) is 6.62. The summed E-state index contributed by atoms with van der Waals surface area (Å²) in [5.41, 5.74) is -0.117. The molecule has 0 bridgehead atoms. The zero-order chi connectivity index (χ0) is 13.1. The maximum atomic E-state index is 12.3. The molecule has 0 aromatic carbocycles. The van der Waals surface area contributed by atoms with Crippen LogP contribution in [0.1, 0.15) is 40.0 Å². The topological polar surface area (TPSA) is 29.5 Å². The van der Waals surface area contributed by atoms with Crippen LogP contribution in [-0.4, -0.2) is 44.0 Å². The number of ketones is 1. The van der Waals surface area contributed by atoms with Gasteiger partial charge >= 0.3 is 0 Å². The lowest BCUT2D eigenvalue weighted by Crippen LogP contribution is -2.43. The Kier molecular flexibility index (Phi) is 5.14. The molecule has 17 heavy (non-hydrogen) atoms. The van der Waals surface area contributed by atoms with Crippen molar-refractivity contribution in [1.82, 2.24) is 4.90 Å². The van der Waals surface area contributed by atoms with E-state index in [1.807, 2.05) is 0 Å². The highest BCUT2D eigenvalue weighted by atomic mass is 16.5. The summed E-state index contributed by atoms with van der Waals surface area (Å²) in [7, 11) is 3.80. The van der Waals surface area contributed by atoms with E-state index in [1.165, 1.54) is 6.42 Å². The predicted molar refractivity (Wildman–Crippen MR) is 70.1 cm³/mol. The van der Waals surface area contributed by atoms with Gasteiger partial charge in [0.05, 0.1) is 6.61 Å². The SMILES string of the molecule is COCC(C)N(C)CC1CCCC(C)(C)C1=O. The molecule has 2 unspecified atom stereocenters. The third-order valence-corrected chi connectivity index (χ3v) is 4.06. The van der Waals surface area contributed by atoms with Crippen LogP contribution in [0.4, 0.5) is 0 Å². The summed E-state index contributed by atoms with van der Waals surface area (Å²) in [6.45, 7) is 7.90. The van der Waals surface area contributed by atoms with Gasteiger partial charge in [0.25, 0.3) is 0 Å². The number of Topliss-reactive ketones (excluding diaryl/α,β-unsaturated/α-hetero) is 1. The van der Waals surface area contributed by atoms with Crippen molar-refractivity contribution >= 4 is 5.78 Å². The number of carbonyl (C=O) groups is 1.